The Balaban J connectivity index is 2.17. The van der Waals surface area contributed by atoms with Gasteiger partial charge in [-0.25, -0.2) is 4.39 Å². The molecule has 1 aliphatic heterocycles. The molecule has 21 heavy (non-hydrogen) atoms. The molecule has 2 aromatic rings. The monoisotopic (exact) mass is 284 g/mol. The number of nitrogens with one attached hydrogen (secondary N) is 1. The average molecular weight is 284 g/mol. The van der Waals surface area contributed by atoms with Gasteiger partial charge in [-0.1, -0.05) is 30.3 Å². The Labute approximate surface area is 125 Å². The minimum atomic E-state index is -0.154. The second-order valence-corrected chi connectivity index (χ2v) is 5.74. The fourth-order valence-electron chi connectivity index (χ4n) is 3.20. The number of halogens is 1. The van der Waals surface area contributed by atoms with Crippen molar-refractivity contribution in [3.05, 3.63) is 59.4 Å². The van der Waals surface area contributed by atoms with Crippen molar-refractivity contribution in [2.75, 3.05) is 11.9 Å². The van der Waals surface area contributed by atoms with E-state index in [1.807, 2.05) is 25.2 Å². The minimum absolute atomic E-state index is 0.107. The van der Waals surface area contributed by atoms with Crippen LogP contribution in [0.3, 0.4) is 0 Å². The van der Waals surface area contributed by atoms with E-state index in [9.17, 15) is 4.39 Å². The van der Waals surface area contributed by atoms with Crippen LogP contribution < -0.4 is 10.2 Å². The maximum atomic E-state index is 14.6. The van der Waals surface area contributed by atoms with Crippen LogP contribution in [-0.2, 0) is 6.42 Å². The van der Waals surface area contributed by atoms with Crippen molar-refractivity contribution in [3.8, 4) is 0 Å². The lowest BCUT2D eigenvalue weighted by atomic mass is 10.0. The second-order valence-electron chi connectivity index (χ2n) is 5.74. The maximum absolute atomic E-state index is 14.6. The average Bonchev–Trinajstić information content (AvgIpc) is 2.82. The molecule has 1 heterocycles. The summed E-state index contributed by atoms with van der Waals surface area (Å²) in [7, 11) is 1.90. The Morgan fingerprint density at radius 2 is 1.95 bits per heavy atom. The zero-order chi connectivity index (χ0) is 15.0. The summed E-state index contributed by atoms with van der Waals surface area (Å²) in [5.41, 5.74) is 4.12. The van der Waals surface area contributed by atoms with Gasteiger partial charge in [-0.05, 0) is 50.6 Å². The molecule has 1 aliphatic rings. The van der Waals surface area contributed by atoms with Crippen molar-refractivity contribution < 1.29 is 4.39 Å². The van der Waals surface area contributed by atoms with Gasteiger partial charge in [0.05, 0.1) is 5.69 Å². The summed E-state index contributed by atoms with van der Waals surface area (Å²) in [6.07, 6.45) is 0.956. The van der Waals surface area contributed by atoms with Gasteiger partial charge in [0, 0.05) is 17.8 Å². The molecule has 110 valence electrons. The molecule has 0 aliphatic carbocycles. The summed E-state index contributed by atoms with van der Waals surface area (Å²) in [6, 6.07) is 14.0. The molecule has 0 bridgehead atoms. The molecule has 3 rings (SSSR count). The highest BCUT2D eigenvalue weighted by molar-refractivity contribution is 5.74. The van der Waals surface area contributed by atoms with Crippen molar-refractivity contribution in [2.24, 2.45) is 0 Å². The number of fused-ring (bicyclic) bond motifs is 1. The lowest BCUT2D eigenvalue weighted by Gasteiger charge is -2.29. The van der Waals surface area contributed by atoms with Gasteiger partial charge in [0.15, 0.2) is 0 Å². The van der Waals surface area contributed by atoms with E-state index >= 15 is 0 Å². The van der Waals surface area contributed by atoms with Crippen LogP contribution in [0, 0.1) is 5.82 Å². The highest BCUT2D eigenvalue weighted by atomic mass is 19.1. The maximum Gasteiger partial charge on any atom is 0.147 e. The van der Waals surface area contributed by atoms with Gasteiger partial charge in [0.25, 0.3) is 0 Å². The summed E-state index contributed by atoms with van der Waals surface area (Å²) >= 11 is 0. The molecule has 0 aromatic heterocycles. The van der Waals surface area contributed by atoms with Crippen LogP contribution in [0.5, 0.6) is 0 Å². The van der Waals surface area contributed by atoms with Gasteiger partial charge in [-0.2, -0.15) is 0 Å². The third-order valence-electron chi connectivity index (χ3n) is 4.37. The Morgan fingerprint density at radius 3 is 2.71 bits per heavy atom. The van der Waals surface area contributed by atoms with E-state index in [1.165, 1.54) is 5.56 Å². The third-order valence-corrected chi connectivity index (χ3v) is 4.37. The van der Waals surface area contributed by atoms with Gasteiger partial charge < -0.3 is 10.2 Å². The number of nitrogens with zero attached hydrogens (tertiary/aromatic N) is 1. The molecule has 0 amide bonds. The molecule has 3 heteroatoms. The van der Waals surface area contributed by atoms with E-state index < -0.39 is 0 Å². The number of rotatable bonds is 3. The number of hydrogen-bond donors (Lipinski definition) is 1. The molecular weight excluding hydrogens is 263 g/mol. The normalized spacial score (nSPS) is 18.7. The van der Waals surface area contributed by atoms with Crippen molar-refractivity contribution in [1.82, 2.24) is 5.32 Å². The Kier molecular flexibility index (Phi) is 3.68. The SMILES string of the molecule is CNC(C)c1cccc(F)c1N1c2ccccc2CC1C. The molecule has 0 saturated carbocycles. The van der Waals surface area contributed by atoms with E-state index in [0.717, 1.165) is 17.7 Å². The zero-order valence-electron chi connectivity index (χ0n) is 12.7. The van der Waals surface area contributed by atoms with Crippen LogP contribution in [0.25, 0.3) is 0 Å². The standard InChI is InChI=1S/C18H21FN2/c1-12-11-14-7-4-5-10-17(14)21(12)18-15(13(2)20-3)8-6-9-16(18)19/h4-10,12-13,20H,11H2,1-3H3. The number of anilines is 2. The van der Waals surface area contributed by atoms with Crippen molar-refractivity contribution >= 4 is 11.4 Å². The van der Waals surface area contributed by atoms with E-state index in [2.05, 4.69) is 36.2 Å². The fraction of sp³-hybridized carbons (Fsp3) is 0.333. The van der Waals surface area contributed by atoms with Gasteiger partial charge >= 0.3 is 0 Å². The van der Waals surface area contributed by atoms with E-state index in [1.54, 1.807) is 12.1 Å². The Morgan fingerprint density at radius 1 is 1.19 bits per heavy atom. The van der Waals surface area contributed by atoms with Crippen molar-refractivity contribution in [3.63, 3.8) is 0 Å². The first-order chi connectivity index (χ1) is 10.1. The van der Waals surface area contributed by atoms with Gasteiger partial charge in [0.2, 0.25) is 0 Å². The van der Waals surface area contributed by atoms with Crippen LogP contribution in [0.1, 0.15) is 31.0 Å². The number of benzene rings is 2. The molecule has 2 aromatic carbocycles. The predicted octanol–water partition coefficient (Wildman–Crippen LogP) is 4.19. The quantitative estimate of drug-likeness (QED) is 0.909. The van der Waals surface area contributed by atoms with Crippen LogP contribution in [0.2, 0.25) is 0 Å². The lowest BCUT2D eigenvalue weighted by molar-refractivity contribution is 0.598. The molecule has 1 N–H and O–H groups in total. The molecule has 2 nitrogen and oxygen atoms in total. The lowest BCUT2D eigenvalue weighted by Crippen LogP contribution is -2.27. The molecular formula is C18H21FN2. The third kappa shape index (κ3) is 2.32. The fourth-order valence-corrected chi connectivity index (χ4v) is 3.20. The molecule has 0 radical (unpaired) electrons. The predicted molar refractivity (Wildman–Crippen MR) is 85.6 cm³/mol. The van der Waals surface area contributed by atoms with Crippen LogP contribution in [-0.4, -0.2) is 13.1 Å². The van der Waals surface area contributed by atoms with Gasteiger partial charge in [-0.15, -0.1) is 0 Å². The molecule has 2 unspecified atom stereocenters. The summed E-state index contributed by atoms with van der Waals surface area (Å²) in [6.45, 7) is 4.21. The molecule has 0 fully saturated rings. The first-order valence-corrected chi connectivity index (χ1v) is 7.46. The van der Waals surface area contributed by atoms with Crippen LogP contribution >= 0.6 is 0 Å². The summed E-state index contributed by atoms with van der Waals surface area (Å²) < 4.78 is 14.6. The molecule has 0 saturated heterocycles. The van der Waals surface area contributed by atoms with E-state index in [0.29, 0.717) is 5.69 Å². The van der Waals surface area contributed by atoms with Crippen LogP contribution in [0.15, 0.2) is 42.5 Å². The van der Waals surface area contributed by atoms with E-state index in [4.69, 9.17) is 0 Å². The first kappa shape index (κ1) is 14.1. The molecule has 0 spiro atoms. The summed E-state index contributed by atoms with van der Waals surface area (Å²) in [5.74, 6) is -0.154. The van der Waals surface area contributed by atoms with E-state index in [-0.39, 0.29) is 17.9 Å². The van der Waals surface area contributed by atoms with Gasteiger partial charge in [0.1, 0.15) is 5.82 Å². The van der Waals surface area contributed by atoms with Crippen molar-refractivity contribution in [2.45, 2.75) is 32.4 Å². The summed E-state index contributed by atoms with van der Waals surface area (Å²) in [5, 5.41) is 3.22. The highest BCUT2D eigenvalue weighted by Gasteiger charge is 2.30. The topological polar surface area (TPSA) is 15.3 Å². The largest absolute Gasteiger partial charge is 0.335 e. The zero-order valence-corrected chi connectivity index (χ0v) is 12.7. The second kappa shape index (κ2) is 5.49. The Bertz CT molecular complexity index is 653. The summed E-state index contributed by atoms with van der Waals surface area (Å²) in [4.78, 5) is 2.15. The van der Waals surface area contributed by atoms with Crippen LogP contribution in [0.4, 0.5) is 15.8 Å². The smallest absolute Gasteiger partial charge is 0.147 e. The molecule has 2 atom stereocenters. The Hall–Kier alpha value is -1.87. The van der Waals surface area contributed by atoms with Crippen molar-refractivity contribution in [1.29, 1.82) is 0 Å². The number of para-hydroxylation sites is 2. The highest BCUT2D eigenvalue weighted by Crippen LogP contribution is 2.42. The van der Waals surface area contributed by atoms with Gasteiger partial charge in [-0.3, -0.25) is 0 Å². The minimum Gasteiger partial charge on any atom is -0.335 e. The number of hydrogen-bond acceptors (Lipinski definition) is 2. The first-order valence-electron chi connectivity index (χ1n) is 7.46.